The van der Waals surface area contributed by atoms with Gasteiger partial charge in [0.15, 0.2) is 0 Å². The summed E-state index contributed by atoms with van der Waals surface area (Å²) in [4.78, 5) is 2.53. The van der Waals surface area contributed by atoms with Crippen LogP contribution in [0.2, 0.25) is 0 Å². The van der Waals surface area contributed by atoms with Crippen LogP contribution in [0.15, 0.2) is 27.1 Å². The molecule has 1 aromatic rings. The number of nitrogens with one attached hydrogen (secondary N) is 1. The zero-order valence-corrected chi connectivity index (χ0v) is 15.0. The zero-order valence-electron chi connectivity index (χ0n) is 11.8. The minimum atomic E-state index is 0.249. The number of piperazine rings is 1. The Balaban J connectivity index is 2.31. The van der Waals surface area contributed by atoms with E-state index in [4.69, 9.17) is 0 Å². The molecule has 1 aliphatic heterocycles. The summed E-state index contributed by atoms with van der Waals surface area (Å²) in [5.41, 5.74) is 1.54. The molecular formula is C15H22Br2N2. The Labute approximate surface area is 133 Å². The second-order valence-corrected chi connectivity index (χ2v) is 7.21. The van der Waals surface area contributed by atoms with Crippen LogP contribution in [0.3, 0.4) is 0 Å². The van der Waals surface area contributed by atoms with Crippen LogP contribution < -0.4 is 10.2 Å². The number of benzene rings is 1. The lowest BCUT2D eigenvalue weighted by atomic mass is 9.88. The normalized spacial score (nSPS) is 22.6. The van der Waals surface area contributed by atoms with E-state index >= 15 is 0 Å². The van der Waals surface area contributed by atoms with Gasteiger partial charge >= 0.3 is 0 Å². The highest BCUT2D eigenvalue weighted by Gasteiger charge is 2.35. The third-order valence-corrected chi connectivity index (χ3v) is 5.48. The van der Waals surface area contributed by atoms with E-state index in [1.807, 2.05) is 0 Å². The van der Waals surface area contributed by atoms with E-state index in [-0.39, 0.29) is 5.54 Å². The van der Waals surface area contributed by atoms with Crippen LogP contribution in [-0.2, 0) is 0 Å². The van der Waals surface area contributed by atoms with Crippen molar-refractivity contribution in [3.8, 4) is 0 Å². The maximum absolute atomic E-state index is 3.75. The van der Waals surface area contributed by atoms with Crippen LogP contribution in [0.25, 0.3) is 0 Å². The van der Waals surface area contributed by atoms with Gasteiger partial charge in [-0.05, 0) is 53.9 Å². The van der Waals surface area contributed by atoms with E-state index < -0.39 is 0 Å². The smallest absolute Gasteiger partial charge is 0.0514 e. The molecule has 19 heavy (non-hydrogen) atoms. The van der Waals surface area contributed by atoms with Crippen LogP contribution >= 0.6 is 31.9 Å². The van der Waals surface area contributed by atoms with Gasteiger partial charge in [-0.15, -0.1) is 0 Å². The minimum absolute atomic E-state index is 0.249. The summed E-state index contributed by atoms with van der Waals surface area (Å²) in [6.45, 7) is 8.96. The van der Waals surface area contributed by atoms with E-state index in [1.165, 1.54) is 18.5 Å². The topological polar surface area (TPSA) is 15.3 Å². The number of hydrogen-bond donors (Lipinski definition) is 1. The minimum Gasteiger partial charge on any atom is -0.365 e. The molecule has 1 heterocycles. The number of rotatable bonds is 3. The van der Waals surface area contributed by atoms with Crippen molar-refractivity contribution in [1.82, 2.24) is 5.32 Å². The van der Waals surface area contributed by atoms with Crippen molar-refractivity contribution >= 4 is 37.5 Å². The van der Waals surface area contributed by atoms with Crippen molar-refractivity contribution in [2.24, 2.45) is 0 Å². The third-order valence-electron chi connectivity index (χ3n) is 4.35. The molecule has 1 fully saturated rings. The van der Waals surface area contributed by atoms with Crippen LogP contribution in [0, 0.1) is 0 Å². The first-order chi connectivity index (χ1) is 9.01. The van der Waals surface area contributed by atoms with Gasteiger partial charge in [0, 0.05) is 33.6 Å². The number of hydrogen-bond acceptors (Lipinski definition) is 2. The molecule has 106 valence electrons. The lowest BCUT2D eigenvalue weighted by Gasteiger charge is -2.48. The maximum atomic E-state index is 3.75. The van der Waals surface area contributed by atoms with Crippen molar-refractivity contribution in [3.63, 3.8) is 0 Å². The first-order valence-electron chi connectivity index (χ1n) is 6.98. The second-order valence-electron chi connectivity index (χ2n) is 5.44. The molecule has 0 aromatic heterocycles. The van der Waals surface area contributed by atoms with Crippen molar-refractivity contribution in [3.05, 3.63) is 27.1 Å². The summed E-state index contributed by atoms with van der Waals surface area (Å²) >= 11 is 7.22. The zero-order chi connectivity index (χ0) is 14.0. The highest BCUT2D eigenvalue weighted by molar-refractivity contribution is 9.11. The fourth-order valence-electron chi connectivity index (χ4n) is 2.77. The van der Waals surface area contributed by atoms with E-state index in [0.717, 1.165) is 22.0 Å². The summed E-state index contributed by atoms with van der Waals surface area (Å²) in [6.07, 6.45) is 2.34. The summed E-state index contributed by atoms with van der Waals surface area (Å²) in [5.74, 6) is 0. The summed E-state index contributed by atoms with van der Waals surface area (Å²) in [7, 11) is 0. The summed E-state index contributed by atoms with van der Waals surface area (Å²) in [5, 5.41) is 3.75. The molecule has 0 radical (unpaired) electrons. The second kappa shape index (κ2) is 6.15. The van der Waals surface area contributed by atoms with Gasteiger partial charge in [-0.2, -0.15) is 0 Å². The highest BCUT2D eigenvalue weighted by Crippen LogP contribution is 2.34. The molecule has 1 unspecified atom stereocenters. The van der Waals surface area contributed by atoms with E-state index in [1.54, 1.807) is 0 Å². The lowest BCUT2D eigenvalue weighted by Crippen LogP contribution is -2.63. The van der Waals surface area contributed by atoms with Gasteiger partial charge in [0.25, 0.3) is 0 Å². The van der Waals surface area contributed by atoms with Crippen molar-refractivity contribution in [2.75, 3.05) is 18.0 Å². The van der Waals surface area contributed by atoms with Gasteiger partial charge in [0.05, 0.1) is 5.69 Å². The van der Waals surface area contributed by atoms with Crippen LogP contribution in [0.5, 0.6) is 0 Å². The molecule has 2 nitrogen and oxygen atoms in total. The first-order valence-corrected chi connectivity index (χ1v) is 8.56. The Morgan fingerprint density at radius 1 is 1.32 bits per heavy atom. The predicted molar refractivity (Wildman–Crippen MR) is 90.0 cm³/mol. The molecule has 0 aliphatic carbocycles. The molecule has 1 aliphatic rings. The van der Waals surface area contributed by atoms with Gasteiger partial charge < -0.3 is 10.2 Å². The molecule has 1 aromatic carbocycles. The quantitative estimate of drug-likeness (QED) is 0.814. The number of anilines is 1. The van der Waals surface area contributed by atoms with Crippen molar-refractivity contribution in [1.29, 1.82) is 0 Å². The molecule has 1 atom stereocenters. The van der Waals surface area contributed by atoms with E-state index in [2.05, 4.69) is 81.0 Å². The Morgan fingerprint density at radius 3 is 2.58 bits per heavy atom. The van der Waals surface area contributed by atoms with Crippen LogP contribution in [0.4, 0.5) is 5.69 Å². The molecule has 0 spiro atoms. The Bertz CT molecular complexity index is 444. The molecule has 4 heteroatoms. The maximum Gasteiger partial charge on any atom is 0.0514 e. The third kappa shape index (κ3) is 3.17. The fraction of sp³-hybridized carbons (Fsp3) is 0.600. The predicted octanol–water partition coefficient (Wildman–Crippen LogP) is 4.57. The Kier molecular flexibility index (Phi) is 4.96. The van der Waals surface area contributed by atoms with Gasteiger partial charge in [-0.1, -0.05) is 29.8 Å². The standard InChI is InChI=1S/C15H22Br2N2/c1-4-15(5-2)10-19(11(3)9-18-15)14-7-6-12(16)8-13(14)17/h6-8,11,18H,4-5,9-10H2,1-3H3. The molecule has 1 N–H and O–H groups in total. The van der Waals surface area contributed by atoms with E-state index in [0.29, 0.717) is 6.04 Å². The number of halogens is 2. The summed E-state index contributed by atoms with van der Waals surface area (Å²) in [6, 6.07) is 6.97. The molecule has 2 rings (SSSR count). The average Bonchev–Trinajstić information content (AvgIpc) is 2.41. The molecule has 0 saturated carbocycles. The van der Waals surface area contributed by atoms with Crippen LogP contribution in [-0.4, -0.2) is 24.7 Å². The summed E-state index contributed by atoms with van der Waals surface area (Å²) < 4.78 is 2.28. The highest BCUT2D eigenvalue weighted by atomic mass is 79.9. The van der Waals surface area contributed by atoms with Crippen molar-refractivity contribution in [2.45, 2.75) is 45.2 Å². The first kappa shape index (κ1) is 15.3. The monoisotopic (exact) mass is 388 g/mol. The van der Waals surface area contributed by atoms with Crippen molar-refractivity contribution < 1.29 is 0 Å². The van der Waals surface area contributed by atoms with Crippen LogP contribution in [0.1, 0.15) is 33.6 Å². The lowest BCUT2D eigenvalue weighted by molar-refractivity contribution is 0.253. The van der Waals surface area contributed by atoms with Gasteiger partial charge in [-0.3, -0.25) is 0 Å². The molecule has 1 saturated heterocycles. The van der Waals surface area contributed by atoms with E-state index in [9.17, 15) is 0 Å². The number of nitrogens with zero attached hydrogens (tertiary/aromatic N) is 1. The SMILES string of the molecule is CCC1(CC)CN(c2ccc(Br)cc2Br)C(C)CN1. The average molecular weight is 390 g/mol. The van der Waals surface area contributed by atoms with Gasteiger partial charge in [0.1, 0.15) is 0 Å². The fourth-order valence-corrected chi connectivity index (χ4v) is 4.05. The van der Waals surface area contributed by atoms with Gasteiger partial charge in [-0.25, -0.2) is 0 Å². The molecule has 0 bridgehead atoms. The molecule has 0 amide bonds. The van der Waals surface area contributed by atoms with Gasteiger partial charge in [0.2, 0.25) is 0 Å². The Hall–Kier alpha value is -0.0600. The Morgan fingerprint density at radius 2 is 2.00 bits per heavy atom. The molecular weight excluding hydrogens is 368 g/mol. The largest absolute Gasteiger partial charge is 0.365 e.